The Bertz CT molecular complexity index is 425. The molecular formula is C22H34O2. The second-order valence-corrected chi connectivity index (χ2v) is 5.67. The molecule has 24 heavy (non-hydrogen) atoms. The van der Waals surface area contributed by atoms with Gasteiger partial charge in [0.05, 0.1) is 0 Å². The number of hydrogen-bond donors (Lipinski definition) is 1. The summed E-state index contributed by atoms with van der Waals surface area (Å²) in [7, 11) is 0. The molecule has 2 nitrogen and oxygen atoms in total. The third-order valence-electron chi connectivity index (χ3n) is 3.37. The number of rotatable bonds is 15. The third-order valence-corrected chi connectivity index (χ3v) is 3.37. The van der Waals surface area contributed by atoms with Gasteiger partial charge < -0.3 is 5.11 Å². The van der Waals surface area contributed by atoms with Crippen LogP contribution in [0.25, 0.3) is 0 Å². The molecule has 0 atom stereocenters. The first kappa shape index (κ1) is 22.2. The Morgan fingerprint density at radius 3 is 1.42 bits per heavy atom. The number of carboxylic acids is 1. The van der Waals surface area contributed by atoms with E-state index in [0.717, 1.165) is 51.4 Å². The molecule has 0 unspecified atom stereocenters. The lowest BCUT2D eigenvalue weighted by atomic mass is 10.2. The van der Waals surface area contributed by atoms with Crippen LogP contribution in [0.4, 0.5) is 0 Å². The highest BCUT2D eigenvalue weighted by molar-refractivity contribution is 5.66. The lowest BCUT2D eigenvalue weighted by molar-refractivity contribution is -0.136. The van der Waals surface area contributed by atoms with E-state index in [9.17, 15) is 4.79 Å². The zero-order valence-corrected chi connectivity index (χ0v) is 15.2. The summed E-state index contributed by atoms with van der Waals surface area (Å²) >= 11 is 0. The Hall–Kier alpha value is -1.83. The molecule has 1 N–H and O–H groups in total. The van der Waals surface area contributed by atoms with Crippen molar-refractivity contribution in [3.63, 3.8) is 0 Å². The fraction of sp³-hybridized carbons (Fsp3) is 0.500. The Balaban J connectivity index is 3.40. The summed E-state index contributed by atoms with van der Waals surface area (Å²) in [6, 6.07) is 0. The molecule has 0 amide bonds. The Kier molecular flexibility index (Phi) is 17.8. The topological polar surface area (TPSA) is 37.3 Å². The normalized spacial score (nSPS) is 12.7. The minimum absolute atomic E-state index is 0.226. The fourth-order valence-electron chi connectivity index (χ4n) is 2.05. The summed E-state index contributed by atoms with van der Waals surface area (Å²) in [6.45, 7) is 2.16. The average molecular weight is 331 g/mol. The molecule has 2 heteroatoms. The van der Waals surface area contributed by atoms with Gasteiger partial charge in [-0.2, -0.15) is 0 Å². The van der Waals surface area contributed by atoms with Crippen LogP contribution >= 0.6 is 0 Å². The molecule has 0 saturated heterocycles. The maximum Gasteiger partial charge on any atom is 0.303 e. The monoisotopic (exact) mass is 330 g/mol. The predicted octanol–water partition coefficient (Wildman–Crippen LogP) is 6.77. The first-order valence-corrected chi connectivity index (χ1v) is 9.24. The van der Waals surface area contributed by atoms with E-state index in [1.807, 2.05) is 6.08 Å². The van der Waals surface area contributed by atoms with Crippen molar-refractivity contribution in [2.24, 2.45) is 0 Å². The van der Waals surface area contributed by atoms with Crippen LogP contribution < -0.4 is 0 Å². The van der Waals surface area contributed by atoms with Gasteiger partial charge >= 0.3 is 5.97 Å². The van der Waals surface area contributed by atoms with Crippen molar-refractivity contribution in [1.29, 1.82) is 0 Å². The summed E-state index contributed by atoms with van der Waals surface area (Å²) in [5.74, 6) is -0.729. The minimum atomic E-state index is -0.729. The van der Waals surface area contributed by atoms with E-state index < -0.39 is 5.97 Å². The van der Waals surface area contributed by atoms with E-state index in [1.54, 1.807) is 0 Å². The van der Waals surface area contributed by atoms with Crippen LogP contribution in [-0.4, -0.2) is 11.1 Å². The maximum absolute atomic E-state index is 10.3. The molecule has 0 aliphatic carbocycles. The first-order chi connectivity index (χ1) is 11.8. The number of allylic oxidation sites excluding steroid dienone is 10. The average Bonchev–Trinajstić information content (AvgIpc) is 2.56. The summed E-state index contributed by atoms with van der Waals surface area (Å²) in [6.07, 6.45) is 31.4. The zero-order chi connectivity index (χ0) is 17.7. The molecule has 0 heterocycles. The molecule has 134 valence electrons. The van der Waals surface area contributed by atoms with Gasteiger partial charge in [-0.1, -0.05) is 67.7 Å². The molecule has 0 aromatic rings. The Labute approximate surface area is 148 Å². The van der Waals surface area contributed by atoms with Crippen LogP contribution in [0.1, 0.15) is 71.1 Å². The summed E-state index contributed by atoms with van der Waals surface area (Å²) in [5, 5.41) is 8.50. The number of carboxylic acid groups (broad SMARTS) is 1. The Morgan fingerprint density at radius 2 is 1.00 bits per heavy atom. The summed E-state index contributed by atoms with van der Waals surface area (Å²) in [4.78, 5) is 10.3. The molecule has 0 spiro atoms. The van der Waals surface area contributed by atoms with Crippen LogP contribution in [0.2, 0.25) is 0 Å². The van der Waals surface area contributed by atoms with Crippen molar-refractivity contribution in [2.75, 3.05) is 0 Å². The second-order valence-electron chi connectivity index (χ2n) is 5.67. The van der Waals surface area contributed by atoms with Crippen LogP contribution in [0, 0.1) is 0 Å². The first-order valence-electron chi connectivity index (χ1n) is 9.24. The van der Waals surface area contributed by atoms with Crippen molar-refractivity contribution in [2.45, 2.75) is 71.1 Å². The highest BCUT2D eigenvalue weighted by atomic mass is 16.4. The van der Waals surface area contributed by atoms with Crippen LogP contribution in [0.15, 0.2) is 60.8 Å². The smallest absolute Gasteiger partial charge is 0.303 e. The van der Waals surface area contributed by atoms with E-state index >= 15 is 0 Å². The van der Waals surface area contributed by atoms with Gasteiger partial charge in [0.25, 0.3) is 0 Å². The van der Waals surface area contributed by atoms with Crippen molar-refractivity contribution in [3.8, 4) is 0 Å². The largest absolute Gasteiger partial charge is 0.481 e. The van der Waals surface area contributed by atoms with Crippen molar-refractivity contribution >= 4 is 5.97 Å². The van der Waals surface area contributed by atoms with Gasteiger partial charge in [0.15, 0.2) is 0 Å². The number of hydrogen-bond acceptors (Lipinski definition) is 1. The number of aliphatic carboxylic acids is 1. The van der Waals surface area contributed by atoms with Crippen LogP contribution in [-0.2, 0) is 4.79 Å². The molecule has 0 aromatic carbocycles. The van der Waals surface area contributed by atoms with Gasteiger partial charge in [-0.15, -0.1) is 0 Å². The predicted molar refractivity (Wildman–Crippen MR) is 105 cm³/mol. The quantitative estimate of drug-likeness (QED) is 0.265. The molecule has 0 bridgehead atoms. The number of carbonyl (C=O) groups is 1. The Morgan fingerprint density at radius 1 is 0.625 bits per heavy atom. The maximum atomic E-state index is 10.3. The standard InChI is InChI=1S/C22H34O2/c1-2-3-4-5-6-7-8-9-10-11-12-13-14-15-16-17-18-19-20-21-22(23)24/h3-4,7-8,10-11,14-15,18-19H,2,5-6,9,12-13,16-17,20-21H2,1H3,(H,23,24)/b4-3+,8-7+,11-10+,15-14-,19-18-. The second kappa shape index (κ2) is 19.2. The number of unbranched alkanes of at least 4 members (excludes halogenated alkanes) is 3. The van der Waals surface area contributed by atoms with Gasteiger partial charge in [-0.05, 0) is 57.8 Å². The summed E-state index contributed by atoms with van der Waals surface area (Å²) < 4.78 is 0. The lowest BCUT2D eigenvalue weighted by Gasteiger charge is -1.90. The van der Waals surface area contributed by atoms with Crippen LogP contribution in [0.5, 0.6) is 0 Å². The van der Waals surface area contributed by atoms with Gasteiger partial charge in [-0.25, -0.2) is 0 Å². The third kappa shape index (κ3) is 20.2. The van der Waals surface area contributed by atoms with Gasteiger partial charge in [0, 0.05) is 6.42 Å². The van der Waals surface area contributed by atoms with Crippen molar-refractivity contribution < 1.29 is 9.90 Å². The molecule has 0 saturated carbocycles. The minimum Gasteiger partial charge on any atom is -0.481 e. The van der Waals surface area contributed by atoms with Gasteiger partial charge in [0.2, 0.25) is 0 Å². The summed E-state index contributed by atoms with van der Waals surface area (Å²) in [5.41, 5.74) is 0. The highest BCUT2D eigenvalue weighted by Gasteiger charge is 1.90. The van der Waals surface area contributed by atoms with E-state index in [1.165, 1.54) is 0 Å². The molecular weight excluding hydrogens is 296 g/mol. The van der Waals surface area contributed by atoms with E-state index in [2.05, 4.69) is 61.6 Å². The fourth-order valence-corrected chi connectivity index (χ4v) is 2.05. The molecule has 0 aromatic heterocycles. The van der Waals surface area contributed by atoms with Crippen molar-refractivity contribution in [1.82, 2.24) is 0 Å². The molecule has 0 radical (unpaired) electrons. The molecule has 0 aliphatic heterocycles. The van der Waals surface area contributed by atoms with Crippen molar-refractivity contribution in [3.05, 3.63) is 60.8 Å². The van der Waals surface area contributed by atoms with E-state index in [4.69, 9.17) is 5.11 Å². The SMILES string of the molecule is CC/C=C/CC/C=C/C/C=C/CC/C=C\CC/C=C\CCC(=O)O. The molecule has 0 rings (SSSR count). The zero-order valence-electron chi connectivity index (χ0n) is 15.2. The van der Waals surface area contributed by atoms with Crippen LogP contribution in [0.3, 0.4) is 0 Å². The lowest BCUT2D eigenvalue weighted by Crippen LogP contribution is -1.91. The highest BCUT2D eigenvalue weighted by Crippen LogP contribution is 2.01. The molecule has 0 aliphatic rings. The molecule has 0 fully saturated rings. The van der Waals surface area contributed by atoms with Gasteiger partial charge in [-0.3, -0.25) is 4.79 Å². The van der Waals surface area contributed by atoms with E-state index in [0.29, 0.717) is 6.42 Å². The van der Waals surface area contributed by atoms with E-state index in [-0.39, 0.29) is 6.42 Å². The van der Waals surface area contributed by atoms with Gasteiger partial charge in [0.1, 0.15) is 0 Å².